The fourth-order valence-electron chi connectivity index (χ4n) is 2.97. The first kappa shape index (κ1) is 14.7. The predicted molar refractivity (Wildman–Crippen MR) is 78.9 cm³/mol. The van der Waals surface area contributed by atoms with Gasteiger partial charge in [-0.15, -0.1) is 0 Å². The van der Waals surface area contributed by atoms with E-state index in [1.807, 2.05) is 12.1 Å². The molecule has 1 atom stereocenters. The van der Waals surface area contributed by atoms with Crippen molar-refractivity contribution in [2.45, 2.75) is 52.1 Å². The molecule has 0 bridgehead atoms. The second-order valence-corrected chi connectivity index (χ2v) is 5.80. The average Bonchev–Trinajstić information content (AvgIpc) is 2.84. The van der Waals surface area contributed by atoms with Crippen LogP contribution in [0.25, 0.3) is 0 Å². The number of rotatable bonds is 6. The topological polar surface area (TPSA) is 29.5 Å². The van der Waals surface area contributed by atoms with E-state index in [2.05, 4.69) is 13.8 Å². The van der Waals surface area contributed by atoms with Gasteiger partial charge in [0.05, 0.1) is 12.7 Å². The van der Waals surface area contributed by atoms with Gasteiger partial charge in [0.25, 0.3) is 0 Å². The van der Waals surface area contributed by atoms with E-state index < -0.39 is 6.10 Å². The van der Waals surface area contributed by atoms with Crippen LogP contribution in [0.1, 0.15) is 56.8 Å². The summed E-state index contributed by atoms with van der Waals surface area (Å²) >= 11 is 6.16. The standard InChI is InChI=1S/C16H23ClO2/c1-3-5-11(6-4-2)15(18)14-10-13(17)9-12-7-8-19-16(12)14/h9-11,15,18H,3-8H2,1-2H3. The van der Waals surface area contributed by atoms with Gasteiger partial charge >= 0.3 is 0 Å². The summed E-state index contributed by atoms with van der Waals surface area (Å²) in [6, 6.07) is 3.82. The lowest BCUT2D eigenvalue weighted by Gasteiger charge is -2.24. The zero-order valence-electron chi connectivity index (χ0n) is 11.8. The SMILES string of the molecule is CCCC(CCC)C(O)c1cc(Cl)cc2c1OCC2. The number of hydrogen-bond donors (Lipinski definition) is 1. The molecule has 2 nitrogen and oxygen atoms in total. The van der Waals surface area contributed by atoms with Crippen molar-refractivity contribution in [3.63, 3.8) is 0 Å². The van der Waals surface area contributed by atoms with Crippen molar-refractivity contribution >= 4 is 11.6 Å². The molecule has 1 N–H and O–H groups in total. The zero-order chi connectivity index (χ0) is 13.8. The van der Waals surface area contributed by atoms with Crippen LogP contribution in [-0.2, 0) is 6.42 Å². The summed E-state index contributed by atoms with van der Waals surface area (Å²) in [5, 5.41) is 11.4. The first-order valence-electron chi connectivity index (χ1n) is 7.30. The Morgan fingerprint density at radius 3 is 2.58 bits per heavy atom. The van der Waals surface area contributed by atoms with Gasteiger partial charge in [0.1, 0.15) is 5.75 Å². The number of ether oxygens (including phenoxy) is 1. The van der Waals surface area contributed by atoms with Gasteiger partial charge in [0, 0.05) is 17.0 Å². The molecular weight excluding hydrogens is 260 g/mol. The molecule has 0 radical (unpaired) electrons. The molecule has 0 amide bonds. The van der Waals surface area contributed by atoms with Gasteiger partial charge in [0.15, 0.2) is 0 Å². The van der Waals surface area contributed by atoms with E-state index in [0.29, 0.717) is 17.5 Å². The monoisotopic (exact) mass is 282 g/mol. The predicted octanol–water partition coefficient (Wildman–Crippen LogP) is 4.52. The van der Waals surface area contributed by atoms with Crippen molar-refractivity contribution in [2.75, 3.05) is 6.61 Å². The quantitative estimate of drug-likeness (QED) is 0.831. The highest BCUT2D eigenvalue weighted by Gasteiger charge is 2.26. The Balaban J connectivity index is 2.29. The molecule has 2 rings (SSSR count). The minimum Gasteiger partial charge on any atom is -0.493 e. The number of halogens is 1. The fraction of sp³-hybridized carbons (Fsp3) is 0.625. The Kier molecular flexibility index (Phi) is 5.12. The molecule has 1 aromatic rings. The van der Waals surface area contributed by atoms with Gasteiger partial charge in [-0.1, -0.05) is 38.3 Å². The lowest BCUT2D eigenvalue weighted by atomic mass is 9.87. The van der Waals surface area contributed by atoms with Crippen LogP contribution >= 0.6 is 11.6 Å². The highest BCUT2D eigenvalue weighted by molar-refractivity contribution is 6.30. The van der Waals surface area contributed by atoms with Crippen LogP contribution < -0.4 is 4.74 Å². The molecule has 0 saturated heterocycles. The summed E-state index contributed by atoms with van der Waals surface area (Å²) in [7, 11) is 0. The zero-order valence-corrected chi connectivity index (χ0v) is 12.5. The van der Waals surface area contributed by atoms with Crippen molar-refractivity contribution in [1.82, 2.24) is 0 Å². The van der Waals surface area contributed by atoms with Crippen LogP contribution in [0.15, 0.2) is 12.1 Å². The highest BCUT2D eigenvalue weighted by Crippen LogP contribution is 2.40. The second-order valence-electron chi connectivity index (χ2n) is 5.36. The van der Waals surface area contributed by atoms with Gasteiger partial charge in [-0.05, 0) is 36.5 Å². The third-order valence-corrected chi connectivity index (χ3v) is 4.08. The Hall–Kier alpha value is -0.730. The Morgan fingerprint density at radius 2 is 1.95 bits per heavy atom. The summed E-state index contributed by atoms with van der Waals surface area (Å²) in [5.41, 5.74) is 2.01. The minimum atomic E-state index is -0.467. The van der Waals surface area contributed by atoms with Gasteiger partial charge in [0.2, 0.25) is 0 Å². The van der Waals surface area contributed by atoms with Crippen LogP contribution in [0.3, 0.4) is 0 Å². The molecule has 1 aromatic carbocycles. The van der Waals surface area contributed by atoms with E-state index in [0.717, 1.165) is 49.0 Å². The van der Waals surface area contributed by atoms with E-state index in [1.165, 1.54) is 0 Å². The molecule has 0 fully saturated rings. The Morgan fingerprint density at radius 1 is 1.26 bits per heavy atom. The van der Waals surface area contributed by atoms with E-state index in [1.54, 1.807) is 0 Å². The molecular formula is C16H23ClO2. The molecule has 0 spiro atoms. The fourth-order valence-corrected chi connectivity index (χ4v) is 3.22. The average molecular weight is 283 g/mol. The summed E-state index contributed by atoms with van der Waals surface area (Å²) in [6.45, 7) is 5.02. The number of aliphatic hydroxyl groups is 1. The number of hydrogen-bond acceptors (Lipinski definition) is 2. The van der Waals surface area contributed by atoms with E-state index >= 15 is 0 Å². The van der Waals surface area contributed by atoms with Gasteiger partial charge in [-0.2, -0.15) is 0 Å². The van der Waals surface area contributed by atoms with Crippen LogP contribution in [0.5, 0.6) is 5.75 Å². The van der Waals surface area contributed by atoms with E-state index in [-0.39, 0.29) is 0 Å². The molecule has 1 aliphatic heterocycles. The highest BCUT2D eigenvalue weighted by atomic mass is 35.5. The third-order valence-electron chi connectivity index (χ3n) is 3.86. The molecule has 19 heavy (non-hydrogen) atoms. The Labute approximate surface area is 120 Å². The number of fused-ring (bicyclic) bond motifs is 1. The molecule has 0 aliphatic carbocycles. The normalized spacial score (nSPS) is 15.4. The van der Waals surface area contributed by atoms with Crippen LogP contribution in [0.4, 0.5) is 0 Å². The van der Waals surface area contributed by atoms with Gasteiger partial charge in [-0.25, -0.2) is 0 Å². The number of aliphatic hydroxyl groups excluding tert-OH is 1. The molecule has 1 unspecified atom stereocenters. The summed E-state index contributed by atoms with van der Waals surface area (Å²) < 4.78 is 5.69. The Bertz CT molecular complexity index is 425. The summed E-state index contributed by atoms with van der Waals surface area (Å²) in [4.78, 5) is 0. The van der Waals surface area contributed by atoms with E-state index in [9.17, 15) is 5.11 Å². The molecule has 1 heterocycles. The maximum absolute atomic E-state index is 10.7. The minimum absolute atomic E-state index is 0.293. The van der Waals surface area contributed by atoms with Crippen molar-refractivity contribution in [3.05, 3.63) is 28.3 Å². The smallest absolute Gasteiger partial charge is 0.128 e. The number of benzene rings is 1. The van der Waals surface area contributed by atoms with Crippen LogP contribution in [0.2, 0.25) is 5.02 Å². The van der Waals surface area contributed by atoms with Crippen molar-refractivity contribution in [1.29, 1.82) is 0 Å². The summed E-state index contributed by atoms with van der Waals surface area (Å²) in [5.74, 6) is 1.16. The maximum Gasteiger partial charge on any atom is 0.128 e. The van der Waals surface area contributed by atoms with Crippen molar-refractivity contribution in [3.8, 4) is 5.75 Å². The first-order chi connectivity index (χ1) is 9.17. The van der Waals surface area contributed by atoms with E-state index in [4.69, 9.17) is 16.3 Å². The largest absolute Gasteiger partial charge is 0.493 e. The lowest BCUT2D eigenvalue weighted by Crippen LogP contribution is -2.13. The summed E-state index contributed by atoms with van der Waals surface area (Å²) in [6.07, 6.45) is 4.68. The van der Waals surface area contributed by atoms with Gasteiger partial charge in [-0.3, -0.25) is 0 Å². The second kappa shape index (κ2) is 6.62. The maximum atomic E-state index is 10.7. The van der Waals surface area contributed by atoms with Gasteiger partial charge < -0.3 is 9.84 Å². The molecule has 1 aliphatic rings. The third kappa shape index (κ3) is 3.24. The van der Waals surface area contributed by atoms with Crippen LogP contribution in [0, 0.1) is 5.92 Å². The molecule has 0 aromatic heterocycles. The lowest BCUT2D eigenvalue weighted by molar-refractivity contribution is 0.0937. The van der Waals surface area contributed by atoms with Crippen molar-refractivity contribution in [2.24, 2.45) is 5.92 Å². The van der Waals surface area contributed by atoms with Crippen LogP contribution in [-0.4, -0.2) is 11.7 Å². The van der Waals surface area contributed by atoms with Crippen molar-refractivity contribution < 1.29 is 9.84 Å². The molecule has 3 heteroatoms. The first-order valence-corrected chi connectivity index (χ1v) is 7.68. The molecule has 0 saturated carbocycles. The molecule has 106 valence electrons.